The smallest absolute Gasteiger partial charge is 0.269 e. The quantitative estimate of drug-likeness (QED) is 0.121. The maximum absolute atomic E-state index is 13.7. The molecule has 1 heterocycles. The van der Waals surface area contributed by atoms with Crippen LogP contribution in [0.4, 0.5) is 5.69 Å². The fourth-order valence-electron chi connectivity index (χ4n) is 4.36. The highest BCUT2D eigenvalue weighted by atomic mass is 16.6. The van der Waals surface area contributed by atoms with Crippen LogP contribution in [-0.4, -0.2) is 45.5 Å². The molecule has 9 nitrogen and oxygen atoms in total. The van der Waals surface area contributed by atoms with Crippen molar-refractivity contribution in [1.82, 2.24) is 14.5 Å². The highest BCUT2D eigenvalue weighted by molar-refractivity contribution is 5.92. The Balaban J connectivity index is 1.76. The molecule has 0 aliphatic rings. The van der Waals surface area contributed by atoms with Gasteiger partial charge < -0.3 is 9.64 Å². The van der Waals surface area contributed by atoms with E-state index in [1.54, 1.807) is 53.0 Å². The summed E-state index contributed by atoms with van der Waals surface area (Å²) >= 11 is 0. The number of aryl methyl sites for hydroxylation is 1. The molecular weight excluding hydrogens is 496 g/mol. The number of hydrogen-bond donors (Lipinski definition) is 0. The lowest BCUT2D eigenvalue weighted by Crippen LogP contribution is -2.37. The topological polar surface area (TPSA) is 108 Å². The van der Waals surface area contributed by atoms with Crippen molar-refractivity contribution in [3.63, 3.8) is 0 Å². The number of non-ortho nitro benzene ring substituents is 1. The first kappa shape index (κ1) is 27.4. The minimum Gasteiger partial charge on any atom is -0.385 e. The van der Waals surface area contributed by atoms with Gasteiger partial charge in [-0.25, -0.2) is 4.98 Å². The van der Waals surface area contributed by atoms with Crippen LogP contribution in [0.5, 0.6) is 0 Å². The zero-order chi connectivity index (χ0) is 27.9. The summed E-state index contributed by atoms with van der Waals surface area (Å²) in [7, 11) is 1.60. The molecule has 0 bridgehead atoms. The fourth-order valence-corrected chi connectivity index (χ4v) is 4.36. The zero-order valence-electron chi connectivity index (χ0n) is 22.1. The number of fused-ring (bicyclic) bond motifs is 1. The summed E-state index contributed by atoms with van der Waals surface area (Å²) in [6, 6.07) is 20.2. The Labute approximate surface area is 226 Å². The molecule has 3 aromatic carbocycles. The molecule has 39 heavy (non-hydrogen) atoms. The number of nitro groups is 1. The molecule has 0 spiro atoms. The first-order valence-electron chi connectivity index (χ1n) is 12.6. The molecule has 0 aliphatic carbocycles. The minimum absolute atomic E-state index is 0.0234. The largest absolute Gasteiger partial charge is 0.385 e. The van der Waals surface area contributed by atoms with Gasteiger partial charge in [0.25, 0.3) is 11.2 Å². The Hall–Kier alpha value is -4.63. The minimum atomic E-state index is -0.561. The third-order valence-corrected chi connectivity index (χ3v) is 6.49. The summed E-state index contributed by atoms with van der Waals surface area (Å²) < 4.78 is 6.79. The van der Waals surface area contributed by atoms with E-state index in [-0.39, 0.29) is 17.2 Å². The predicted molar refractivity (Wildman–Crippen MR) is 151 cm³/mol. The molecule has 1 atom stereocenters. The molecule has 0 aliphatic heterocycles. The number of ether oxygens (including phenoxy) is 1. The van der Waals surface area contributed by atoms with Gasteiger partial charge in [0.15, 0.2) is 0 Å². The number of para-hydroxylation sites is 1. The molecule has 0 saturated heterocycles. The molecular formula is C30H30N4O5. The number of aromatic nitrogens is 2. The third kappa shape index (κ3) is 6.27. The SMILES string of the molecule is COCCCN(C(=O)/C=C/c1ccc([N+](=O)[O-])cc1)C(C)c1nc2ccccc2c(=O)n1-c1ccc(C)cc1. The number of carbonyl (C=O) groups is 1. The normalized spacial score (nSPS) is 12.1. The van der Waals surface area contributed by atoms with Gasteiger partial charge in [-0.05, 0) is 68.3 Å². The fraction of sp³-hybridized carbons (Fsp3) is 0.233. The Morgan fingerprint density at radius 2 is 1.79 bits per heavy atom. The molecule has 0 N–H and O–H groups in total. The third-order valence-electron chi connectivity index (χ3n) is 6.49. The van der Waals surface area contributed by atoms with Crippen LogP contribution >= 0.6 is 0 Å². The van der Waals surface area contributed by atoms with Gasteiger partial charge in [-0.3, -0.25) is 24.3 Å². The highest BCUT2D eigenvalue weighted by Gasteiger charge is 2.25. The number of amides is 1. The Kier molecular flexibility index (Phi) is 8.63. The molecule has 1 amide bonds. The lowest BCUT2D eigenvalue weighted by molar-refractivity contribution is -0.384. The Morgan fingerprint density at radius 3 is 2.46 bits per heavy atom. The van der Waals surface area contributed by atoms with Gasteiger partial charge in [0.1, 0.15) is 5.82 Å². The molecule has 1 aromatic heterocycles. The summed E-state index contributed by atoms with van der Waals surface area (Å²) in [5.41, 5.74) is 2.69. The summed E-state index contributed by atoms with van der Waals surface area (Å²) in [4.78, 5) is 44.2. The second kappa shape index (κ2) is 12.3. The van der Waals surface area contributed by atoms with Crippen LogP contribution in [0.25, 0.3) is 22.7 Å². The van der Waals surface area contributed by atoms with Crippen molar-refractivity contribution < 1.29 is 14.5 Å². The van der Waals surface area contributed by atoms with Crippen LogP contribution in [0.3, 0.4) is 0 Å². The van der Waals surface area contributed by atoms with E-state index in [0.29, 0.717) is 47.6 Å². The molecule has 0 radical (unpaired) electrons. The maximum Gasteiger partial charge on any atom is 0.269 e. The van der Waals surface area contributed by atoms with E-state index < -0.39 is 11.0 Å². The number of nitrogens with zero attached hydrogens (tertiary/aromatic N) is 4. The second-order valence-corrected chi connectivity index (χ2v) is 9.20. The molecule has 0 saturated carbocycles. The standard InChI is InChI=1S/C30H30N4O5/c1-21-9-14-24(15-10-21)33-29(31-27-8-5-4-7-26(27)30(33)36)22(2)32(19-6-20-39-3)28(35)18-13-23-11-16-25(17-12-23)34(37)38/h4-5,7-18,22H,6,19-20H2,1-3H3/b18-13+. The van der Waals surface area contributed by atoms with Crippen LogP contribution < -0.4 is 5.56 Å². The van der Waals surface area contributed by atoms with Gasteiger partial charge in [0.05, 0.1) is 27.6 Å². The molecule has 200 valence electrons. The number of methoxy groups -OCH3 is 1. The number of hydrogen-bond acceptors (Lipinski definition) is 6. The predicted octanol–water partition coefficient (Wildman–Crippen LogP) is 5.24. The number of rotatable bonds is 10. The molecule has 4 rings (SSSR count). The summed E-state index contributed by atoms with van der Waals surface area (Å²) in [5.74, 6) is 0.159. The van der Waals surface area contributed by atoms with Crippen LogP contribution in [-0.2, 0) is 9.53 Å². The molecule has 4 aromatic rings. The van der Waals surface area contributed by atoms with Crippen molar-refractivity contribution in [2.75, 3.05) is 20.3 Å². The summed E-state index contributed by atoms with van der Waals surface area (Å²) in [6.45, 7) is 4.65. The number of benzene rings is 3. The lowest BCUT2D eigenvalue weighted by atomic mass is 10.1. The van der Waals surface area contributed by atoms with Gasteiger partial charge in [0, 0.05) is 38.5 Å². The number of nitro benzene ring substituents is 1. The van der Waals surface area contributed by atoms with Gasteiger partial charge in [-0.2, -0.15) is 0 Å². The van der Waals surface area contributed by atoms with Crippen molar-refractivity contribution in [3.05, 3.63) is 116 Å². The van der Waals surface area contributed by atoms with Crippen molar-refractivity contribution >= 4 is 28.6 Å². The summed E-state index contributed by atoms with van der Waals surface area (Å²) in [6.07, 6.45) is 3.63. The molecule has 0 fully saturated rings. The molecule has 9 heteroatoms. The van der Waals surface area contributed by atoms with E-state index in [4.69, 9.17) is 9.72 Å². The van der Waals surface area contributed by atoms with Crippen LogP contribution in [0.2, 0.25) is 0 Å². The highest BCUT2D eigenvalue weighted by Crippen LogP contribution is 2.24. The Bertz CT molecular complexity index is 1560. The number of carbonyl (C=O) groups excluding carboxylic acids is 1. The Morgan fingerprint density at radius 1 is 1.10 bits per heavy atom. The van der Waals surface area contributed by atoms with Gasteiger partial charge in [-0.1, -0.05) is 29.8 Å². The maximum atomic E-state index is 13.7. The lowest BCUT2D eigenvalue weighted by Gasteiger charge is -2.30. The first-order valence-corrected chi connectivity index (χ1v) is 12.6. The van der Waals surface area contributed by atoms with Crippen molar-refractivity contribution in [2.45, 2.75) is 26.3 Å². The van der Waals surface area contributed by atoms with E-state index in [9.17, 15) is 19.7 Å². The van der Waals surface area contributed by atoms with Crippen molar-refractivity contribution in [2.24, 2.45) is 0 Å². The van der Waals surface area contributed by atoms with E-state index in [2.05, 4.69) is 0 Å². The first-order chi connectivity index (χ1) is 18.8. The van der Waals surface area contributed by atoms with Gasteiger partial charge in [0.2, 0.25) is 5.91 Å². The molecule has 1 unspecified atom stereocenters. The average molecular weight is 527 g/mol. The van der Waals surface area contributed by atoms with Crippen LogP contribution in [0.1, 0.15) is 36.3 Å². The summed E-state index contributed by atoms with van der Waals surface area (Å²) in [5, 5.41) is 11.4. The van der Waals surface area contributed by atoms with Gasteiger partial charge in [-0.15, -0.1) is 0 Å². The van der Waals surface area contributed by atoms with E-state index in [1.807, 2.05) is 44.2 Å². The van der Waals surface area contributed by atoms with E-state index in [0.717, 1.165) is 5.56 Å². The second-order valence-electron chi connectivity index (χ2n) is 9.20. The van der Waals surface area contributed by atoms with E-state index in [1.165, 1.54) is 18.2 Å². The van der Waals surface area contributed by atoms with Crippen molar-refractivity contribution in [1.29, 1.82) is 0 Å². The van der Waals surface area contributed by atoms with Crippen LogP contribution in [0.15, 0.2) is 83.7 Å². The monoisotopic (exact) mass is 526 g/mol. The van der Waals surface area contributed by atoms with Gasteiger partial charge >= 0.3 is 0 Å². The average Bonchev–Trinajstić information content (AvgIpc) is 2.94. The van der Waals surface area contributed by atoms with Crippen LogP contribution in [0, 0.1) is 17.0 Å². The zero-order valence-corrected chi connectivity index (χ0v) is 22.1. The van der Waals surface area contributed by atoms with E-state index >= 15 is 0 Å². The van der Waals surface area contributed by atoms with Crippen molar-refractivity contribution in [3.8, 4) is 5.69 Å².